The molecule has 1 atom stereocenters. The molecule has 3 aromatic rings. The predicted octanol–water partition coefficient (Wildman–Crippen LogP) is 4.84. The molecule has 2 aromatic carbocycles. The number of ether oxygens (including phenoxy) is 1. The van der Waals surface area contributed by atoms with E-state index >= 15 is 0 Å². The minimum absolute atomic E-state index is 0.00361. The number of fused-ring (bicyclic) bond motifs is 2. The molecule has 1 aromatic heterocycles. The number of oxazole rings is 1. The van der Waals surface area contributed by atoms with Crippen molar-refractivity contribution in [2.45, 2.75) is 51.6 Å². The summed E-state index contributed by atoms with van der Waals surface area (Å²) in [4.78, 5) is 23.3. The van der Waals surface area contributed by atoms with Crippen LogP contribution in [0.4, 0.5) is 5.69 Å². The Bertz CT molecular complexity index is 1210. The number of rotatable bonds is 5. The largest absolute Gasteiger partial charge is 0.410 e. The quantitative estimate of drug-likeness (QED) is 0.585. The summed E-state index contributed by atoms with van der Waals surface area (Å²) in [6.07, 6.45) is 7.32. The molecule has 0 saturated heterocycles. The number of hydrogen-bond donors (Lipinski definition) is 1. The molecule has 1 unspecified atom stereocenters. The molecule has 2 heterocycles. The fraction of sp³-hybridized carbons (Fsp3) is 0.320. The topological polar surface area (TPSA) is 94.0 Å². The van der Waals surface area contributed by atoms with Crippen molar-refractivity contribution in [1.82, 2.24) is 4.98 Å². The minimum Gasteiger partial charge on any atom is -0.410 e. The molecule has 0 bridgehead atoms. The number of nitrogens with two attached hydrogens (primary N) is 1. The summed E-state index contributed by atoms with van der Waals surface area (Å²) in [5.74, 6) is 0.607. The molecule has 7 heteroatoms. The molecule has 1 aliphatic heterocycles. The summed E-state index contributed by atoms with van der Waals surface area (Å²) < 4.78 is 12.1. The maximum atomic E-state index is 12.4. The third-order valence-corrected chi connectivity index (χ3v) is 6.01. The van der Waals surface area contributed by atoms with Crippen LogP contribution in [0.25, 0.3) is 16.7 Å². The first-order chi connectivity index (χ1) is 15.5. The number of anilines is 1. The third kappa shape index (κ3) is 3.75. The molecule has 5 rings (SSSR count). The van der Waals surface area contributed by atoms with Gasteiger partial charge in [-0.2, -0.15) is 4.98 Å². The lowest BCUT2D eigenvalue weighted by atomic mass is 9.92. The van der Waals surface area contributed by atoms with Crippen molar-refractivity contribution >= 4 is 34.5 Å². The van der Waals surface area contributed by atoms with Gasteiger partial charge in [0, 0.05) is 42.1 Å². The van der Waals surface area contributed by atoms with Crippen molar-refractivity contribution in [3.8, 4) is 11.8 Å². The molecule has 0 spiro atoms. The number of aliphatic imine (C=N–C) groups is 1. The van der Waals surface area contributed by atoms with Gasteiger partial charge in [0.2, 0.25) is 5.91 Å². The van der Waals surface area contributed by atoms with Crippen LogP contribution < -0.4 is 15.4 Å². The Morgan fingerprint density at radius 1 is 1.25 bits per heavy atom. The van der Waals surface area contributed by atoms with Gasteiger partial charge in [0.05, 0.1) is 11.7 Å². The number of benzene rings is 2. The Morgan fingerprint density at radius 2 is 2.06 bits per heavy atom. The van der Waals surface area contributed by atoms with Crippen molar-refractivity contribution in [1.29, 1.82) is 0 Å². The van der Waals surface area contributed by atoms with Gasteiger partial charge in [-0.15, -0.1) is 0 Å². The van der Waals surface area contributed by atoms with Gasteiger partial charge >= 0.3 is 6.08 Å². The lowest BCUT2D eigenvalue weighted by molar-refractivity contribution is -0.117. The van der Waals surface area contributed by atoms with Crippen LogP contribution in [0.2, 0.25) is 0 Å². The first kappa shape index (κ1) is 20.3. The SMILES string of the molecule is CC(=O)N1c2ccc(C(C=NC3CC3)=CN)c(Oc3nc4ccccc4o3)c2CCC1C. The van der Waals surface area contributed by atoms with Crippen LogP contribution in [0.3, 0.4) is 0 Å². The van der Waals surface area contributed by atoms with Gasteiger partial charge in [-0.25, -0.2) is 0 Å². The van der Waals surface area contributed by atoms with E-state index < -0.39 is 0 Å². The van der Waals surface area contributed by atoms with Gasteiger partial charge in [-0.3, -0.25) is 9.79 Å². The van der Waals surface area contributed by atoms with Crippen molar-refractivity contribution in [3.05, 3.63) is 53.7 Å². The van der Waals surface area contributed by atoms with E-state index in [1.807, 2.05) is 47.5 Å². The Labute approximate surface area is 186 Å². The highest BCUT2D eigenvalue weighted by molar-refractivity contribution is 6.11. The van der Waals surface area contributed by atoms with Crippen LogP contribution in [0.15, 0.2) is 52.0 Å². The van der Waals surface area contributed by atoms with Crippen LogP contribution in [0, 0.1) is 0 Å². The Hall–Kier alpha value is -3.61. The predicted molar refractivity (Wildman–Crippen MR) is 125 cm³/mol. The molecular weight excluding hydrogens is 404 g/mol. The summed E-state index contributed by atoms with van der Waals surface area (Å²) >= 11 is 0. The molecule has 7 nitrogen and oxygen atoms in total. The fourth-order valence-electron chi connectivity index (χ4n) is 4.22. The summed E-state index contributed by atoms with van der Waals surface area (Å²) in [5.41, 5.74) is 10.7. The minimum atomic E-state index is 0.00361. The summed E-state index contributed by atoms with van der Waals surface area (Å²) in [5, 5.41) is 0. The van der Waals surface area contributed by atoms with Gasteiger partial charge in [-0.05, 0) is 56.9 Å². The van der Waals surface area contributed by atoms with Gasteiger partial charge < -0.3 is 19.8 Å². The Morgan fingerprint density at radius 3 is 2.78 bits per heavy atom. The van der Waals surface area contributed by atoms with Crippen molar-refractivity contribution in [2.75, 3.05) is 4.90 Å². The molecule has 32 heavy (non-hydrogen) atoms. The lowest BCUT2D eigenvalue weighted by Crippen LogP contribution is -2.40. The van der Waals surface area contributed by atoms with Crippen LogP contribution in [0.5, 0.6) is 11.8 Å². The second-order valence-corrected chi connectivity index (χ2v) is 8.40. The third-order valence-electron chi connectivity index (χ3n) is 6.01. The summed E-state index contributed by atoms with van der Waals surface area (Å²) in [6, 6.07) is 11.9. The van der Waals surface area contributed by atoms with E-state index in [1.54, 1.807) is 13.1 Å². The average Bonchev–Trinajstić information content (AvgIpc) is 3.52. The number of aromatic nitrogens is 1. The van der Waals surface area contributed by atoms with Gasteiger partial charge in [0.1, 0.15) is 11.3 Å². The number of amides is 1. The zero-order chi connectivity index (χ0) is 22.2. The Balaban J connectivity index is 1.64. The summed E-state index contributed by atoms with van der Waals surface area (Å²) in [7, 11) is 0. The zero-order valence-corrected chi connectivity index (χ0v) is 18.2. The highest BCUT2D eigenvalue weighted by Crippen LogP contribution is 2.43. The van der Waals surface area contributed by atoms with Crippen molar-refractivity contribution in [3.63, 3.8) is 0 Å². The number of allylic oxidation sites excluding steroid dienone is 1. The fourth-order valence-corrected chi connectivity index (χ4v) is 4.22. The van der Waals surface area contributed by atoms with Crippen LogP contribution in [-0.4, -0.2) is 29.2 Å². The molecule has 1 aliphatic carbocycles. The maximum absolute atomic E-state index is 12.4. The first-order valence-corrected chi connectivity index (χ1v) is 11.0. The highest BCUT2D eigenvalue weighted by atomic mass is 16.6. The van der Waals surface area contributed by atoms with E-state index in [2.05, 4.69) is 16.9 Å². The maximum Gasteiger partial charge on any atom is 0.400 e. The molecule has 2 N–H and O–H groups in total. The first-order valence-electron chi connectivity index (χ1n) is 11.0. The van der Waals surface area contributed by atoms with Gasteiger partial charge in [-0.1, -0.05) is 12.1 Å². The molecule has 0 radical (unpaired) electrons. The van der Waals surface area contributed by atoms with Crippen molar-refractivity contribution in [2.24, 2.45) is 10.7 Å². The van der Waals surface area contributed by atoms with Crippen LogP contribution in [0.1, 0.15) is 44.2 Å². The number of carbonyl (C=O) groups is 1. The van der Waals surface area contributed by atoms with Crippen LogP contribution >= 0.6 is 0 Å². The van der Waals surface area contributed by atoms with E-state index in [-0.39, 0.29) is 18.0 Å². The Kier molecular flexibility index (Phi) is 5.17. The molecule has 1 fully saturated rings. The molecule has 1 saturated carbocycles. The second kappa shape index (κ2) is 8.15. The smallest absolute Gasteiger partial charge is 0.400 e. The van der Waals surface area contributed by atoms with E-state index in [4.69, 9.17) is 14.9 Å². The summed E-state index contributed by atoms with van der Waals surface area (Å²) in [6.45, 7) is 3.65. The van der Waals surface area contributed by atoms with E-state index in [0.717, 1.165) is 53.6 Å². The molecule has 164 valence electrons. The lowest BCUT2D eigenvalue weighted by Gasteiger charge is -2.35. The van der Waals surface area contributed by atoms with Crippen molar-refractivity contribution < 1.29 is 13.9 Å². The number of carbonyl (C=O) groups excluding carboxylic acids is 1. The van der Waals surface area contributed by atoms with E-state index in [1.165, 1.54) is 0 Å². The average molecular weight is 431 g/mol. The molecular formula is C25H26N4O3. The molecule has 1 amide bonds. The zero-order valence-electron chi connectivity index (χ0n) is 18.2. The second-order valence-electron chi connectivity index (χ2n) is 8.40. The molecule has 2 aliphatic rings. The van der Waals surface area contributed by atoms with E-state index in [0.29, 0.717) is 17.4 Å². The van der Waals surface area contributed by atoms with Gasteiger partial charge in [0.15, 0.2) is 5.58 Å². The number of hydrogen-bond acceptors (Lipinski definition) is 6. The highest BCUT2D eigenvalue weighted by Gasteiger charge is 2.31. The van der Waals surface area contributed by atoms with Crippen LogP contribution in [-0.2, 0) is 11.2 Å². The van der Waals surface area contributed by atoms with Gasteiger partial charge in [0.25, 0.3) is 0 Å². The normalized spacial score (nSPS) is 18.9. The number of para-hydroxylation sites is 2. The monoisotopic (exact) mass is 430 g/mol. The number of nitrogens with zero attached hydrogens (tertiary/aromatic N) is 3. The van der Waals surface area contributed by atoms with E-state index in [9.17, 15) is 4.79 Å². The standard InChI is InChI=1S/C25H26N4O3/c1-15-7-10-20-22(29(15)16(2)30)12-11-19(17(13-26)14-27-18-8-9-18)24(20)32-25-28-21-5-3-4-6-23(21)31-25/h3-6,11-15,18H,7-10,26H2,1-2H3.